The Labute approximate surface area is 108 Å². The van der Waals surface area contributed by atoms with E-state index in [2.05, 4.69) is 4.98 Å². The van der Waals surface area contributed by atoms with Gasteiger partial charge in [-0.3, -0.25) is 4.79 Å². The number of hydrogen-bond acceptors (Lipinski definition) is 3. The smallest absolute Gasteiger partial charge is 0.308 e. The minimum absolute atomic E-state index is 0.0400. The molecule has 1 aromatic carbocycles. The van der Waals surface area contributed by atoms with Gasteiger partial charge in [0, 0.05) is 22.5 Å². The third-order valence-corrected chi connectivity index (χ3v) is 3.44. The first-order valence-electron chi connectivity index (χ1n) is 5.03. The van der Waals surface area contributed by atoms with Crippen molar-refractivity contribution in [1.82, 2.24) is 4.98 Å². The third-order valence-electron chi connectivity index (χ3n) is 2.20. The number of carboxylic acid groups (broad SMARTS) is 1. The average Bonchev–Trinajstić information content (AvgIpc) is 2.68. The Morgan fingerprint density at radius 2 is 2.06 bits per heavy atom. The average molecular weight is 268 g/mol. The molecule has 0 bridgehead atoms. The fourth-order valence-electron chi connectivity index (χ4n) is 1.44. The van der Waals surface area contributed by atoms with E-state index >= 15 is 0 Å². The fourth-order valence-corrected chi connectivity index (χ4v) is 2.51. The summed E-state index contributed by atoms with van der Waals surface area (Å²) in [4.78, 5) is 15.5. The van der Waals surface area contributed by atoms with Crippen LogP contribution in [0.2, 0.25) is 5.02 Å². The van der Waals surface area contributed by atoms with Gasteiger partial charge in [-0.25, -0.2) is 4.98 Å². The van der Waals surface area contributed by atoms with Gasteiger partial charge in [0.25, 0.3) is 0 Å². The highest BCUT2D eigenvalue weighted by molar-refractivity contribution is 7.11. The predicted octanol–water partition coefficient (Wildman–Crippen LogP) is 3.01. The summed E-state index contributed by atoms with van der Waals surface area (Å²) in [5.74, 6) is -0.827. The van der Waals surface area contributed by atoms with Gasteiger partial charge in [-0.2, -0.15) is 0 Å². The van der Waals surface area contributed by atoms with Crippen molar-refractivity contribution in [3.05, 3.63) is 50.9 Å². The SMILES string of the molecule is O=C(O)Cc1cnc(Cc2ccc(Cl)cc2)s1. The lowest BCUT2D eigenvalue weighted by Gasteiger charge is -1.97. The molecule has 0 aliphatic carbocycles. The molecule has 1 N–H and O–H groups in total. The molecule has 0 radical (unpaired) electrons. The van der Waals surface area contributed by atoms with Gasteiger partial charge in [0.2, 0.25) is 0 Å². The molecule has 5 heteroatoms. The molecule has 0 saturated carbocycles. The zero-order valence-corrected chi connectivity index (χ0v) is 10.5. The second kappa shape index (κ2) is 5.29. The number of halogens is 1. The van der Waals surface area contributed by atoms with E-state index < -0.39 is 5.97 Å². The molecule has 1 aromatic heterocycles. The van der Waals surface area contributed by atoms with Crippen LogP contribution in [0.1, 0.15) is 15.4 Å². The first-order chi connectivity index (χ1) is 8.13. The molecular formula is C12H10ClNO2S. The van der Waals surface area contributed by atoms with Crippen molar-refractivity contribution in [1.29, 1.82) is 0 Å². The molecule has 1 heterocycles. The number of carboxylic acids is 1. The number of rotatable bonds is 4. The summed E-state index contributed by atoms with van der Waals surface area (Å²) in [6, 6.07) is 7.56. The molecule has 17 heavy (non-hydrogen) atoms. The minimum atomic E-state index is -0.827. The first kappa shape index (κ1) is 12.1. The van der Waals surface area contributed by atoms with Crippen LogP contribution in [0.5, 0.6) is 0 Å². The largest absolute Gasteiger partial charge is 0.481 e. The molecule has 0 aliphatic heterocycles. The van der Waals surface area contributed by atoms with E-state index in [1.165, 1.54) is 11.3 Å². The molecule has 0 fully saturated rings. The van der Waals surface area contributed by atoms with Gasteiger partial charge in [-0.1, -0.05) is 23.7 Å². The Kier molecular flexibility index (Phi) is 3.76. The van der Waals surface area contributed by atoms with E-state index in [0.29, 0.717) is 11.4 Å². The summed E-state index contributed by atoms with van der Waals surface area (Å²) in [6.45, 7) is 0. The van der Waals surface area contributed by atoms with Gasteiger partial charge < -0.3 is 5.11 Å². The molecule has 0 amide bonds. The van der Waals surface area contributed by atoms with Crippen LogP contribution in [-0.4, -0.2) is 16.1 Å². The lowest BCUT2D eigenvalue weighted by molar-refractivity contribution is -0.136. The van der Waals surface area contributed by atoms with Crippen molar-refractivity contribution in [2.24, 2.45) is 0 Å². The van der Waals surface area contributed by atoms with Crippen molar-refractivity contribution in [2.75, 3.05) is 0 Å². The van der Waals surface area contributed by atoms with Crippen LogP contribution in [0, 0.1) is 0 Å². The topological polar surface area (TPSA) is 50.2 Å². The second-order valence-corrected chi connectivity index (χ2v) is 5.23. The van der Waals surface area contributed by atoms with Crippen molar-refractivity contribution in [2.45, 2.75) is 12.8 Å². The summed E-state index contributed by atoms with van der Waals surface area (Å²) in [6.07, 6.45) is 2.38. The molecular weight excluding hydrogens is 258 g/mol. The van der Waals surface area contributed by atoms with Crippen LogP contribution in [0.3, 0.4) is 0 Å². The van der Waals surface area contributed by atoms with E-state index in [1.807, 2.05) is 24.3 Å². The molecule has 0 spiro atoms. The monoisotopic (exact) mass is 267 g/mol. The Morgan fingerprint density at radius 3 is 2.71 bits per heavy atom. The van der Waals surface area contributed by atoms with Gasteiger partial charge in [-0.15, -0.1) is 11.3 Å². The number of carbonyl (C=O) groups is 1. The van der Waals surface area contributed by atoms with E-state index in [0.717, 1.165) is 15.4 Å². The van der Waals surface area contributed by atoms with Crippen molar-refractivity contribution >= 4 is 28.9 Å². The van der Waals surface area contributed by atoms with Crippen LogP contribution in [0.15, 0.2) is 30.5 Å². The van der Waals surface area contributed by atoms with Crippen LogP contribution >= 0.6 is 22.9 Å². The van der Waals surface area contributed by atoms with E-state index in [1.54, 1.807) is 6.20 Å². The molecule has 0 unspecified atom stereocenters. The Hall–Kier alpha value is -1.39. The van der Waals surface area contributed by atoms with Crippen LogP contribution in [-0.2, 0) is 17.6 Å². The molecule has 0 saturated heterocycles. The van der Waals surface area contributed by atoms with Crippen LogP contribution in [0.4, 0.5) is 0 Å². The summed E-state index contributed by atoms with van der Waals surface area (Å²) in [7, 11) is 0. The van der Waals surface area contributed by atoms with Crippen LogP contribution in [0.25, 0.3) is 0 Å². The van der Waals surface area contributed by atoms with Gasteiger partial charge in [0.15, 0.2) is 0 Å². The number of aromatic nitrogens is 1. The Balaban J connectivity index is 2.06. The van der Waals surface area contributed by atoms with E-state index in [9.17, 15) is 4.79 Å². The van der Waals surface area contributed by atoms with Gasteiger partial charge in [0.1, 0.15) is 0 Å². The maximum atomic E-state index is 10.5. The standard InChI is InChI=1S/C12H10ClNO2S/c13-9-3-1-8(2-4-9)5-11-14-7-10(17-11)6-12(15)16/h1-4,7H,5-6H2,(H,15,16). The fraction of sp³-hybridized carbons (Fsp3) is 0.167. The van der Waals surface area contributed by atoms with Crippen molar-refractivity contribution in [3.8, 4) is 0 Å². The Morgan fingerprint density at radius 1 is 1.35 bits per heavy atom. The summed E-state index contributed by atoms with van der Waals surface area (Å²) in [5.41, 5.74) is 1.12. The maximum absolute atomic E-state index is 10.5. The summed E-state index contributed by atoms with van der Waals surface area (Å²) >= 11 is 7.23. The van der Waals surface area contributed by atoms with E-state index in [-0.39, 0.29) is 6.42 Å². The van der Waals surface area contributed by atoms with Gasteiger partial charge in [0.05, 0.1) is 11.4 Å². The third kappa shape index (κ3) is 3.54. The first-order valence-corrected chi connectivity index (χ1v) is 6.23. The molecule has 3 nitrogen and oxygen atoms in total. The zero-order valence-electron chi connectivity index (χ0n) is 8.89. The number of aliphatic carboxylic acids is 1. The maximum Gasteiger partial charge on any atom is 0.308 e. The lowest BCUT2D eigenvalue weighted by Crippen LogP contribution is -1.97. The van der Waals surface area contributed by atoms with Gasteiger partial charge >= 0.3 is 5.97 Å². The number of thiazole rings is 1. The molecule has 0 atom stereocenters. The minimum Gasteiger partial charge on any atom is -0.481 e. The number of nitrogens with zero attached hydrogens (tertiary/aromatic N) is 1. The van der Waals surface area contributed by atoms with Crippen molar-refractivity contribution < 1.29 is 9.90 Å². The molecule has 88 valence electrons. The predicted molar refractivity (Wildman–Crippen MR) is 67.7 cm³/mol. The highest BCUT2D eigenvalue weighted by atomic mass is 35.5. The molecule has 2 rings (SSSR count). The zero-order chi connectivity index (χ0) is 12.3. The number of hydrogen-bond donors (Lipinski definition) is 1. The van der Waals surface area contributed by atoms with Crippen molar-refractivity contribution in [3.63, 3.8) is 0 Å². The molecule has 2 aromatic rings. The quantitative estimate of drug-likeness (QED) is 0.926. The van der Waals surface area contributed by atoms with Crippen LogP contribution < -0.4 is 0 Å². The summed E-state index contributed by atoms with van der Waals surface area (Å²) in [5, 5.41) is 10.3. The lowest BCUT2D eigenvalue weighted by atomic mass is 10.2. The van der Waals surface area contributed by atoms with E-state index in [4.69, 9.17) is 16.7 Å². The number of benzene rings is 1. The highest BCUT2D eigenvalue weighted by Crippen LogP contribution is 2.18. The Bertz CT molecular complexity index is 522. The second-order valence-electron chi connectivity index (χ2n) is 3.59. The highest BCUT2D eigenvalue weighted by Gasteiger charge is 2.06. The summed E-state index contributed by atoms with van der Waals surface area (Å²) < 4.78 is 0. The van der Waals surface area contributed by atoms with Gasteiger partial charge in [-0.05, 0) is 17.7 Å². The molecule has 0 aliphatic rings. The normalized spacial score (nSPS) is 10.4.